The van der Waals surface area contributed by atoms with Gasteiger partial charge in [0.05, 0.1) is 0 Å². The summed E-state index contributed by atoms with van der Waals surface area (Å²) in [5.41, 5.74) is 1.40. The minimum absolute atomic E-state index is 0.394. The molecule has 20 heavy (non-hydrogen) atoms. The second-order valence-corrected chi connectivity index (χ2v) is 7.89. The summed E-state index contributed by atoms with van der Waals surface area (Å²) in [6.07, 6.45) is 9.16. The van der Waals surface area contributed by atoms with Crippen molar-refractivity contribution in [3.8, 4) is 0 Å². The zero-order chi connectivity index (χ0) is 13.8. The van der Waals surface area contributed by atoms with Gasteiger partial charge in [-0.3, -0.25) is 4.79 Å². The van der Waals surface area contributed by atoms with Gasteiger partial charge in [0.2, 0.25) is 0 Å². The molecule has 108 valence electrons. The average Bonchev–Trinajstić information content (AvgIpc) is 2.83. The van der Waals surface area contributed by atoms with Gasteiger partial charge in [-0.05, 0) is 50.5 Å². The quantitative estimate of drug-likeness (QED) is 0.709. The monoisotopic (exact) mass is 288 g/mol. The number of thioether (sulfide) groups is 1. The Hall–Kier alpha value is -0.760. The predicted molar refractivity (Wildman–Crippen MR) is 86.1 cm³/mol. The molecule has 0 N–H and O–H groups in total. The van der Waals surface area contributed by atoms with E-state index in [2.05, 4.69) is 42.1 Å². The van der Waals surface area contributed by atoms with Crippen LogP contribution in [0.25, 0.3) is 0 Å². The van der Waals surface area contributed by atoms with Crippen molar-refractivity contribution in [3.05, 3.63) is 35.9 Å². The van der Waals surface area contributed by atoms with Crippen LogP contribution >= 0.6 is 11.8 Å². The number of rotatable bonds is 6. The highest BCUT2D eigenvalue weighted by atomic mass is 32.2. The van der Waals surface area contributed by atoms with Gasteiger partial charge in [0, 0.05) is 22.8 Å². The Kier molecular flexibility index (Phi) is 4.82. The van der Waals surface area contributed by atoms with Crippen molar-refractivity contribution in [1.29, 1.82) is 0 Å². The first-order valence-electron chi connectivity index (χ1n) is 8.03. The van der Waals surface area contributed by atoms with Crippen molar-refractivity contribution in [3.63, 3.8) is 0 Å². The summed E-state index contributed by atoms with van der Waals surface area (Å²) in [6.45, 7) is 0. The minimum Gasteiger partial charge on any atom is -0.299 e. The van der Waals surface area contributed by atoms with Crippen LogP contribution in [0.1, 0.15) is 50.5 Å². The lowest BCUT2D eigenvalue weighted by Gasteiger charge is -2.26. The van der Waals surface area contributed by atoms with Gasteiger partial charge in [0.25, 0.3) is 0 Å². The summed E-state index contributed by atoms with van der Waals surface area (Å²) in [5, 5.41) is 1.60. The van der Waals surface area contributed by atoms with Crippen LogP contribution in [0, 0.1) is 5.92 Å². The molecule has 0 aromatic heterocycles. The molecule has 2 unspecified atom stereocenters. The molecule has 2 heterocycles. The Labute approximate surface area is 126 Å². The Morgan fingerprint density at radius 2 is 1.75 bits per heavy atom. The number of aryl methyl sites for hydroxylation is 1. The smallest absolute Gasteiger partial charge is 0.136 e. The average molecular weight is 288 g/mol. The largest absolute Gasteiger partial charge is 0.299 e. The van der Waals surface area contributed by atoms with Gasteiger partial charge in [-0.2, -0.15) is 11.8 Å². The standard InChI is InChI=1S/C18H24OS/c19-18(15-12-16-10-11-17(13-15)20-16)9-5-4-8-14-6-2-1-3-7-14/h1-3,6-7,15-17H,4-5,8-13H2. The summed E-state index contributed by atoms with van der Waals surface area (Å²) < 4.78 is 0. The summed E-state index contributed by atoms with van der Waals surface area (Å²) in [5.74, 6) is 0.945. The van der Waals surface area contributed by atoms with Gasteiger partial charge in [-0.15, -0.1) is 0 Å². The molecule has 1 aromatic rings. The molecule has 2 fully saturated rings. The van der Waals surface area contributed by atoms with E-state index in [4.69, 9.17) is 0 Å². The maximum absolute atomic E-state index is 12.3. The molecular formula is C18H24OS. The maximum Gasteiger partial charge on any atom is 0.136 e. The Morgan fingerprint density at radius 1 is 1.05 bits per heavy atom. The van der Waals surface area contributed by atoms with Crippen LogP contribution in [0.4, 0.5) is 0 Å². The number of hydrogen-bond acceptors (Lipinski definition) is 2. The number of ketones is 1. The fraction of sp³-hybridized carbons (Fsp3) is 0.611. The first kappa shape index (κ1) is 14.2. The third-order valence-corrected chi connectivity index (χ3v) is 6.35. The summed E-state index contributed by atoms with van der Waals surface area (Å²) >= 11 is 2.15. The van der Waals surface area contributed by atoms with Crippen LogP contribution in [0.5, 0.6) is 0 Å². The van der Waals surface area contributed by atoms with E-state index >= 15 is 0 Å². The van der Waals surface area contributed by atoms with Crippen LogP contribution in [0.3, 0.4) is 0 Å². The first-order chi connectivity index (χ1) is 9.81. The molecule has 2 saturated heterocycles. The number of benzene rings is 1. The van der Waals surface area contributed by atoms with Gasteiger partial charge in [-0.25, -0.2) is 0 Å². The highest BCUT2D eigenvalue weighted by Gasteiger charge is 2.37. The van der Waals surface area contributed by atoms with Crippen molar-refractivity contribution >= 4 is 17.5 Å². The summed E-state index contributed by atoms with van der Waals surface area (Å²) in [6, 6.07) is 10.6. The molecule has 2 atom stereocenters. The number of carbonyl (C=O) groups is 1. The SMILES string of the molecule is O=C(CCCCc1ccccc1)C1CC2CCC(C1)S2. The van der Waals surface area contributed by atoms with Gasteiger partial charge >= 0.3 is 0 Å². The van der Waals surface area contributed by atoms with E-state index in [1.807, 2.05) is 0 Å². The number of fused-ring (bicyclic) bond motifs is 2. The minimum atomic E-state index is 0.394. The Bertz CT molecular complexity index is 430. The molecule has 1 aromatic carbocycles. The molecule has 0 aliphatic carbocycles. The van der Waals surface area contributed by atoms with Gasteiger partial charge in [0.1, 0.15) is 5.78 Å². The normalized spacial score (nSPS) is 28.5. The van der Waals surface area contributed by atoms with Crippen molar-refractivity contribution in [1.82, 2.24) is 0 Å². The molecule has 0 radical (unpaired) electrons. The Morgan fingerprint density at radius 3 is 2.45 bits per heavy atom. The van der Waals surface area contributed by atoms with Crippen LogP contribution in [0.2, 0.25) is 0 Å². The van der Waals surface area contributed by atoms with E-state index in [0.29, 0.717) is 11.7 Å². The molecule has 2 aliphatic rings. The second kappa shape index (κ2) is 6.80. The number of unbranched alkanes of at least 4 members (excludes halogenated alkanes) is 1. The van der Waals surface area contributed by atoms with E-state index in [0.717, 1.165) is 36.2 Å². The first-order valence-corrected chi connectivity index (χ1v) is 8.97. The van der Waals surface area contributed by atoms with Gasteiger partial charge < -0.3 is 0 Å². The van der Waals surface area contributed by atoms with Gasteiger partial charge in [0.15, 0.2) is 0 Å². The van der Waals surface area contributed by atoms with E-state index in [9.17, 15) is 4.79 Å². The number of hydrogen-bond donors (Lipinski definition) is 0. The molecule has 0 spiro atoms. The second-order valence-electron chi connectivity index (χ2n) is 6.28. The van der Waals surface area contributed by atoms with E-state index < -0.39 is 0 Å². The predicted octanol–water partition coefficient (Wildman–Crippen LogP) is 4.64. The molecule has 0 amide bonds. The Balaban J connectivity index is 1.37. The van der Waals surface area contributed by atoms with Crippen LogP contribution < -0.4 is 0 Å². The highest BCUT2D eigenvalue weighted by Crippen LogP contribution is 2.46. The summed E-state index contributed by atoms with van der Waals surface area (Å²) in [7, 11) is 0. The van der Waals surface area contributed by atoms with Crippen LogP contribution in [-0.4, -0.2) is 16.3 Å². The lowest BCUT2D eigenvalue weighted by Crippen LogP contribution is -2.24. The third-order valence-electron chi connectivity index (χ3n) is 4.73. The third kappa shape index (κ3) is 3.66. The fourth-order valence-electron chi connectivity index (χ4n) is 3.60. The molecule has 1 nitrogen and oxygen atoms in total. The van der Waals surface area contributed by atoms with Crippen molar-refractivity contribution in [2.75, 3.05) is 0 Å². The maximum atomic E-state index is 12.3. The van der Waals surface area contributed by atoms with Crippen molar-refractivity contribution in [2.45, 2.75) is 61.9 Å². The molecule has 2 heteroatoms. The van der Waals surface area contributed by atoms with Gasteiger partial charge in [-0.1, -0.05) is 30.3 Å². The zero-order valence-electron chi connectivity index (χ0n) is 12.1. The topological polar surface area (TPSA) is 17.1 Å². The lowest BCUT2D eigenvalue weighted by atomic mass is 9.91. The van der Waals surface area contributed by atoms with Crippen LogP contribution in [-0.2, 0) is 11.2 Å². The van der Waals surface area contributed by atoms with E-state index in [1.54, 1.807) is 0 Å². The summed E-state index contributed by atoms with van der Waals surface area (Å²) in [4.78, 5) is 12.3. The fourth-order valence-corrected chi connectivity index (χ4v) is 5.37. The van der Waals surface area contributed by atoms with Crippen LogP contribution in [0.15, 0.2) is 30.3 Å². The van der Waals surface area contributed by atoms with E-state index in [-0.39, 0.29) is 0 Å². The highest BCUT2D eigenvalue weighted by molar-refractivity contribution is 8.00. The lowest BCUT2D eigenvalue weighted by molar-refractivity contribution is -0.123. The molecule has 3 rings (SSSR count). The molecule has 2 aliphatic heterocycles. The molecule has 0 saturated carbocycles. The van der Waals surface area contributed by atoms with E-state index in [1.165, 1.54) is 31.2 Å². The number of Topliss-reactive ketones (excluding diaryl/α,β-unsaturated/α-hetero) is 1. The molecular weight excluding hydrogens is 264 g/mol. The van der Waals surface area contributed by atoms with Crippen molar-refractivity contribution < 1.29 is 4.79 Å². The number of carbonyl (C=O) groups excluding carboxylic acids is 1. The van der Waals surface area contributed by atoms with Crippen molar-refractivity contribution in [2.24, 2.45) is 5.92 Å². The molecule has 2 bridgehead atoms. The zero-order valence-corrected chi connectivity index (χ0v) is 12.9.